The number of benzene rings is 1. The molecule has 0 saturated carbocycles. The normalized spacial score (nSPS) is 21.0. The summed E-state index contributed by atoms with van der Waals surface area (Å²) in [6.45, 7) is 0.925. The number of alkyl halides is 3. The molecule has 3 aromatic rings. The van der Waals surface area contributed by atoms with Crippen LogP contribution in [0.5, 0.6) is 0 Å². The second-order valence-corrected chi connectivity index (χ2v) is 7.60. The number of furan rings is 1. The topological polar surface area (TPSA) is 63.3 Å². The minimum absolute atomic E-state index is 0.0776. The number of rotatable bonds is 2. The van der Waals surface area contributed by atoms with Gasteiger partial charge in [-0.2, -0.15) is 18.3 Å². The summed E-state index contributed by atoms with van der Waals surface area (Å²) < 4.78 is 47.5. The van der Waals surface area contributed by atoms with Crippen molar-refractivity contribution in [2.24, 2.45) is 0 Å². The molecule has 0 unspecified atom stereocenters. The maximum absolute atomic E-state index is 13.8. The van der Waals surface area contributed by atoms with Crippen molar-refractivity contribution in [2.45, 2.75) is 37.6 Å². The molecule has 0 spiro atoms. The highest BCUT2D eigenvalue weighted by molar-refractivity contribution is 5.99. The Bertz CT molecular complexity index is 1070. The molecule has 5 rings (SSSR count). The Hall–Kier alpha value is -3.23. The van der Waals surface area contributed by atoms with Crippen LogP contribution in [0.25, 0.3) is 0 Å². The first-order valence-electron chi connectivity index (χ1n) is 9.72. The molecular formula is C21H19F3N4O2. The molecule has 6 nitrogen and oxygen atoms in total. The van der Waals surface area contributed by atoms with Crippen molar-refractivity contribution < 1.29 is 22.4 Å². The molecule has 2 aliphatic heterocycles. The van der Waals surface area contributed by atoms with E-state index in [2.05, 4.69) is 10.4 Å². The number of carbonyl (C=O) groups is 1. The lowest BCUT2D eigenvalue weighted by molar-refractivity contribution is -0.174. The average molecular weight is 416 g/mol. The summed E-state index contributed by atoms with van der Waals surface area (Å²) in [5.41, 5.74) is 2.37. The zero-order valence-electron chi connectivity index (χ0n) is 15.9. The van der Waals surface area contributed by atoms with Gasteiger partial charge in [0.1, 0.15) is 17.1 Å². The van der Waals surface area contributed by atoms with Crippen LogP contribution in [0.15, 0.2) is 53.3 Å². The van der Waals surface area contributed by atoms with Gasteiger partial charge in [-0.3, -0.25) is 4.79 Å². The number of nitrogens with one attached hydrogen (secondary N) is 1. The molecule has 1 amide bonds. The van der Waals surface area contributed by atoms with Gasteiger partial charge in [-0.15, -0.1) is 0 Å². The SMILES string of the molecule is O=C(c1cnn2c1N[C@H](c1ccco1)C[C@H]2C(F)(F)F)N1CCc2ccccc2C1. The van der Waals surface area contributed by atoms with Gasteiger partial charge in [0.25, 0.3) is 5.91 Å². The Morgan fingerprint density at radius 2 is 1.97 bits per heavy atom. The van der Waals surface area contributed by atoms with Gasteiger partial charge < -0.3 is 14.6 Å². The van der Waals surface area contributed by atoms with Crippen LogP contribution < -0.4 is 5.32 Å². The summed E-state index contributed by atoms with van der Waals surface area (Å²) in [5, 5.41) is 6.99. The second kappa shape index (κ2) is 6.93. The van der Waals surface area contributed by atoms with E-state index in [1.54, 1.807) is 17.0 Å². The van der Waals surface area contributed by atoms with E-state index < -0.39 is 18.3 Å². The molecule has 0 fully saturated rings. The van der Waals surface area contributed by atoms with E-state index in [1.165, 1.54) is 18.0 Å². The van der Waals surface area contributed by atoms with Crippen molar-refractivity contribution in [1.29, 1.82) is 0 Å². The number of anilines is 1. The standard InChI is InChI=1S/C21H19F3N4O2/c22-21(23,24)18-10-16(17-6-3-9-30-17)26-19-15(11-25-28(18)19)20(29)27-8-7-13-4-1-2-5-14(13)12-27/h1-6,9,11,16,18,26H,7-8,10,12H2/t16-,18-/m0/s1. The van der Waals surface area contributed by atoms with Crippen molar-refractivity contribution in [3.05, 3.63) is 71.3 Å². The molecule has 2 atom stereocenters. The van der Waals surface area contributed by atoms with Crippen LogP contribution in [0.2, 0.25) is 0 Å². The summed E-state index contributed by atoms with van der Waals surface area (Å²) in [5.74, 6) is 0.134. The van der Waals surface area contributed by atoms with Crippen molar-refractivity contribution in [2.75, 3.05) is 11.9 Å². The summed E-state index contributed by atoms with van der Waals surface area (Å²) in [4.78, 5) is 14.9. The molecule has 30 heavy (non-hydrogen) atoms. The first-order valence-corrected chi connectivity index (χ1v) is 9.72. The van der Waals surface area contributed by atoms with Crippen LogP contribution in [-0.4, -0.2) is 33.3 Å². The fourth-order valence-corrected chi connectivity index (χ4v) is 4.23. The summed E-state index contributed by atoms with van der Waals surface area (Å²) in [6, 6.07) is 8.58. The maximum atomic E-state index is 13.8. The van der Waals surface area contributed by atoms with Gasteiger partial charge in [-0.25, -0.2) is 4.68 Å². The van der Waals surface area contributed by atoms with Crippen LogP contribution in [0.3, 0.4) is 0 Å². The van der Waals surface area contributed by atoms with Crippen molar-refractivity contribution >= 4 is 11.7 Å². The van der Waals surface area contributed by atoms with Crippen LogP contribution in [0.1, 0.15) is 45.7 Å². The highest BCUT2D eigenvalue weighted by Crippen LogP contribution is 2.44. The smallest absolute Gasteiger partial charge is 0.410 e. The van der Waals surface area contributed by atoms with Gasteiger partial charge in [-0.05, 0) is 29.7 Å². The van der Waals surface area contributed by atoms with Crippen LogP contribution in [0, 0.1) is 0 Å². The number of hydrogen-bond donors (Lipinski definition) is 1. The highest BCUT2D eigenvalue weighted by atomic mass is 19.4. The van der Waals surface area contributed by atoms with E-state index in [9.17, 15) is 18.0 Å². The number of fused-ring (bicyclic) bond motifs is 2. The van der Waals surface area contributed by atoms with Gasteiger partial charge >= 0.3 is 6.18 Å². The molecule has 1 N–H and O–H groups in total. The number of amides is 1. The summed E-state index contributed by atoms with van der Waals surface area (Å²) in [6.07, 6.45) is -1.41. The van der Waals surface area contributed by atoms with E-state index in [4.69, 9.17) is 4.42 Å². The largest absolute Gasteiger partial charge is 0.467 e. The van der Waals surface area contributed by atoms with Crippen molar-refractivity contribution in [3.8, 4) is 0 Å². The second-order valence-electron chi connectivity index (χ2n) is 7.60. The van der Waals surface area contributed by atoms with E-state index in [0.29, 0.717) is 25.3 Å². The molecule has 0 bridgehead atoms. The number of halogens is 3. The van der Waals surface area contributed by atoms with Gasteiger partial charge in [0.2, 0.25) is 0 Å². The Morgan fingerprint density at radius 3 is 2.70 bits per heavy atom. The fraction of sp³-hybridized carbons (Fsp3) is 0.333. The predicted molar refractivity (Wildman–Crippen MR) is 102 cm³/mol. The molecule has 1 aromatic carbocycles. The third-order valence-corrected chi connectivity index (χ3v) is 5.77. The monoisotopic (exact) mass is 416 g/mol. The molecule has 0 saturated heterocycles. The van der Waals surface area contributed by atoms with E-state index in [0.717, 1.165) is 10.2 Å². The predicted octanol–water partition coefficient (Wildman–Crippen LogP) is 4.33. The minimum atomic E-state index is -4.50. The Kier molecular flexibility index (Phi) is 4.34. The van der Waals surface area contributed by atoms with Gasteiger partial charge in [0, 0.05) is 19.5 Å². The molecule has 156 valence electrons. The number of aromatic nitrogens is 2. The maximum Gasteiger partial charge on any atom is 0.410 e. The molecule has 0 aliphatic carbocycles. The van der Waals surface area contributed by atoms with Crippen molar-refractivity contribution in [3.63, 3.8) is 0 Å². The van der Waals surface area contributed by atoms with Gasteiger partial charge in [-0.1, -0.05) is 24.3 Å². The minimum Gasteiger partial charge on any atom is -0.467 e. The van der Waals surface area contributed by atoms with E-state index in [1.807, 2.05) is 24.3 Å². The van der Waals surface area contributed by atoms with Crippen molar-refractivity contribution in [1.82, 2.24) is 14.7 Å². The van der Waals surface area contributed by atoms with Gasteiger partial charge in [0.05, 0.1) is 18.5 Å². The highest BCUT2D eigenvalue weighted by Gasteiger charge is 2.48. The number of carbonyl (C=O) groups excluding carboxylic acids is 1. The third kappa shape index (κ3) is 3.14. The average Bonchev–Trinajstić information content (AvgIpc) is 3.41. The molecule has 2 aliphatic rings. The fourth-order valence-electron chi connectivity index (χ4n) is 4.23. The number of hydrogen-bond acceptors (Lipinski definition) is 4. The van der Waals surface area contributed by atoms with Crippen LogP contribution >= 0.6 is 0 Å². The molecule has 9 heteroatoms. The zero-order chi connectivity index (χ0) is 20.9. The van der Waals surface area contributed by atoms with E-state index in [-0.39, 0.29) is 23.7 Å². The zero-order valence-corrected chi connectivity index (χ0v) is 15.9. The third-order valence-electron chi connectivity index (χ3n) is 5.77. The molecule has 4 heterocycles. The summed E-state index contributed by atoms with van der Waals surface area (Å²) >= 11 is 0. The molecule has 2 aromatic heterocycles. The van der Waals surface area contributed by atoms with Gasteiger partial charge in [0.15, 0.2) is 6.04 Å². The number of nitrogens with zero attached hydrogens (tertiary/aromatic N) is 3. The molecule has 0 radical (unpaired) electrons. The Morgan fingerprint density at radius 1 is 1.17 bits per heavy atom. The Labute approximate surface area is 170 Å². The molecular weight excluding hydrogens is 397 g/mol. The lowest BCUT2D eigenvalue weighted by Gasteiger charge is -2.33. The van der Waals surface area contributed by atoms with Crippen LogP contribution in [-0.2, 0) is 13.0 Å². The lowest BCUT2D eigenvalue weighted by Crippen LogP contribution is -2.38. The summed E-state index contributed by atoms with van der Waals surface area (Å²) in [7, 11) is 0. The lowest BCUT2D eigenvalue weighted by atomic mass is 9.99. The van der Waals surface area contributed by atoms with Crippen LogP contribution in [0.4, 0.5) is 19.0 Å². The first kappa shape index (κ1) is 18.8. The Balaban J connectivity index is 1.48. The van der Waals surface area contributed by atoms with E-state index >= 15 is 0 Å². The first-order chi connectivity index (χ1) is 14.4. The quantitative estimate of drug-likeness (QED) is 0.675.